The average molecular weight is 411 g/mol. The Morgan fingerprint density at radius 2 is 1.71 bits per heavy atom. The van der Waals surface area contributed by atoms with Gasteiger partial charge in [0.1, 0.15) is 17.2 Å². The number of hydrogen-bond donors (Lipinski definition) is 0. The van der Waals surface area contributed by atoms with Crippen molar-refractivity contribution in [2.24, 2.45) is 0 Å². The summed E-state index contributed by atoms with van der Waals surface area (Å²) < 4.78 is 26.5. The molecule has 0 bridgehead atoms. The van der Waals surface area contributed by atoms with E-state index in [0.717, 1.165) is 50.3 Å². The molecule has 3 heterocycles. The molecule has 152 valence electrons. The highest BCUT2D eigenvalue weighted by Crippen LogP contribution is 2.40. The van der Waals surface area contributed by atoms with Gasteiger partial charge in [-0.15, -0.1) is 10.2 Å². The monoisotopic (exact) mass is 411 g/mol. The lowest BCUT2D eigenvalue weighted by Crippen LogP contribution is -2.04. The van der Waals surface area contributed by atoms with Crippen LogP contribution in [-0.4, -0.2) is 21.6 Å². The summed E-state index contributed by atoms with van der Waals surface area (Å²) in [6, 6.07) is 18.7. The SMILES string of the molecule is Cc1ccc2c(c1)c1nnc(-c3ccc4c(c3)OCO4)c-1cn2Cc1ccc(F)cc1. The second-order valence-corrected chi connectivity index (χ2v) is 7.78. The maximum absolute atomic E-state index is 13.4. The average Bonchev–Trinajstić information content (AvgIpc) is 3.41. The number of rotatable bonds is 3. The molecule has 31 heavy (non-hydrogen) atoms. The lowest BCUT2D eigenvalue weighted by molar-refractivity contribution is 0.174. The van der Waals surface area contributed by atoms with E-state index in [1.807, 2.05) is 30.3 Å². The second-order valence-electron chi connectivity index (χ2n) is 7.78. The smallest absolute Gasteiger partial charge is 0.231 e. The number of fused-ring (bicyclic) bond motifs is 4. The van der Waals surface area contributed by atoms with Gasteiger partial charge in [0, 0.05) is 29.3 Å². The maximum atomic E-state index is 13.4. The van der Waals surface area contributed by atoms with Crippen LogP contribution in [-0.2, 0) is 6.54 Å². The Balaban J connectivity index is 1.55. The Labute approximate surface area is 178 Å². The first-order chi connectivity index (χ1) is 15.2. The zero-order chi connectivity index (χ0) is 20.9. The van der Waals surface area contributed by atoms with Gasteiger partial charge in [0.25, 0.3) is 0 Å². The fourth-order valence-electron chi connectivity index (χ4n) is 4.13. The first-order valence-corrected chi connectivity index (χ1v) is 10.1. The van der Waals surface area contributed by atoms with Gasteiger partial charge in [-0.2, -0.15) is 0 Å². The summed E-state index contributed by atoms with van der Waals surface area (Å²) in [4.78, 5) is 0. The third-order valence-corrected chi connectivity index (χ3v) is 5.67. The summed E-state index contributed by atoms with van der Waals surface area (Å²) in [6.07, 6.45) is 2.08. The van der Waals surface area contributed by atoms with E-state index < -0.39 is 0 Å². The molecule has 6 heteroatoms. The van der Waals surface area contributed by atoms with Gasteiger partial charge in [0.2, 0.25) is 6.79 Å². The van der Waals surface area contributed by atoms with Crippen LogP contribution in [0.5, 0.6) is 11.5 Å². The van der Waals surface area contributed by atoms with E-state index >= 15 is 0 Å². The molecule has 0 aliphatic carbocycles. The molecule has 0 aromatic heterocycles. The second kappa shape index (κ2) is 6.80. The Morgan fingerprint density at radius 3 is 2.58 bits per heavy atom. The highest BCUT2D eigenvalue weighted by molar-refractivity contribution is 5.98. The summed E-state index contributed by atoms with van der Waals surface area (Å²) in [7, 11) is 0. The minimum atomic E-state index is -0.237. The largest absolute Gasteiger partial charge is 0.454 e. The van der Waals surface area contributed by atoms with Gasteiger partial charge in [-0.1, -0.05) is 23.8 Å². The van der Waals surface area contributed by atoms with Crippen molar-refractivity contribution in [3.8, 4) is 34.0 Å². The van der Waals surface area contributed by atoms with Gasteiger partial charge in [-0.05, 0) is 55.0 Å². The maximum Gasteiger partial charge on any atom is 0.231 e. The third-order valence-electron chi connectivity index (χ3n) is 5.67. The van der Waals surface area contributed by atoms with Crippen LogP contribution in [0.3, 0.4) is 0 Å². The van der Waals surface area contributed by atoms with Crippen LogP contribution in [0, 0.1) is 12.7 Å². The molecular weight excluding hydrogens is 393 g/mol. The van der Waals surface area contributed by atoms with E-state index in [1.165, 1.54) is 12.1 Å². The van der Waals surface area contributed by atoms with Gasteiger partial charge in [0.15, 0.2) is 11.5 Å². The number of pyridine rings is 1. The third kappa shape index (κ3) is 2.99. The quantitative estimate of drug-likeness (QED) is 0.397. The Morgan fingerprint density at radius 1 is 0.903 bits per heavy atom. The minimum absolute atomic E-state index is 0.230. The molecule has 3 aliphatic rings. The number of hydrogen-bond acceptors (Lipinski definition) is 4. The van der Waals surface area contributed by atoms with Crippen molar-refractivity contribution in [3.63, 3.8) is 0 Å². The zero-order valence-corrected chi connectivity index (χ0v) is 16.8. The number of nitrogens with zero attached hydrogens (tertiary/aromatic N) is 3. The molecule has 0 radical (unpaired) electrons. The fraction of sp³-hybridized carbons (Fsp3) is 0.120. The Bertz CT molecular complexity index is 1410. The predicted octanol–water partition coefficient (Wildman–Crippen LogP) is 5.43. The summed E-state index contributed by atoms with van der Waals surface area (Å²) in [5, 5.41) is 10.1. The number of benzene rings is 3. The van der Waals surface area contributed by atoms with Crippen molar-refractivity contribution in [2.75, 3.05) is 6.79 Å². The van der Waals surface area contributed by atoms with Crippen LogP contribution >= 0.6 is 0 Å². The fourth-order valence-corrected chi connectivity index (χ4v) is 4.13. The molecule has 0 spiro atoms. The molecule has 0 N–H and O–H groups in total. The van der Waals surface area contributed by atoms with Crippen molar-refractivity contribution < 1.29 is 13.9 Å². The molecule has 3 aromatic carbocycles. The van der Waals surface area contributed by atoms with Gasteiger partial charge in [-0.25, -0.2) is 4.39 Å². The Hall–Kier alpha value is -3.93. The van der Waals surface area contributed by atoms with Crippen molar-refractivity contribution in [3.05, 3.63) is 83.8 Å². The number of halogens is 1. The van der Waals surface area contributed by atoms with Gasteiger partial charge in [-0.3, -0.25) is 0 Å². The van der Waals surface area contributed by atoms with Crippen LogP contribution in [0.2, 0.25) is 0 Å². The lowest BCUT2D eigenvalue weighted by Gasteiger charge is -2.16. The number of ether oxygens (including phenoxy) is 2. The van der Waals surface area contributed by atoms with E-state index in [0.29, 0.717) is 12.3 Å². The van der Waals surface area contributed by atoms with E-state index in [9.17, 15) is 4.39 Å². The lowest BCUT2D eigenvalue weighted by atomic mass is 10.00. The predicted molar refractivity (Wildman–Crippen MR) is 116 cm³/mol. The first-order valence-electron chi connectivity index (χ1n) is 10.1. The van der Waals surface area contributed by atoms with Gasteiger partial charge in [0.05, 0.1) is 5.52 Å². The van der Waals surface area contributed by atoms with E-state index in [2.05, 4.69) is 46.1 Å². The summed E-state index contributed by atoms with van der Waals surface area (Å²) >= 11 is 0. The van der Waals surface area contributed by atoms with Crippen molar-refractivity contribution in [1.82, 2.24) is 14.8 Å². The molecule has 0 unspecified atom stereocenters. The van der Waals surface area contributed by atoms with Gasteiger partial charge < -0.3 is 14.0 Å². The molecule has 6 rings (SSSR count). The number of aromatic nitrogens is 3. The first kappa shape index (κ1) is 17.9. The summed E-state index contributed by atoms with van der Waals surface area (Å²) in [5.74, 6) is 1.21. The highest BCUT2D eigenvalue weighted by atomic mass is 19.1. The molecule has 0 saturated heterocycles. The van der Waals surface area contributed by atoms with Gasteiger partial charge >= 0.3 is 0 Å². The molecule has 0 fully saturated rings. The minimum Gasteiger partial charge on any atom is -0.454 e. The number of aryl methyl sites for hydroxylation is 1. The molecule has 0 saturated carbocycles. The van der Waals surface area contributed by atoms with Crippen LogP contribution in [0.1, 0.15) is 11.1 Å². The molecule has 3 aromatic rings. The molecular formula is C25H18FN3O2. The normalized spacial score (nSPS) is 12.7. The molecule has 0 amide bonds. The standard InChI is InChI=1S/C25H18FN3O2/c1-15-2-8-21-19(10-15)25-20(13-29(21)12-16-3-6-18(26)7-4-16)24(27-28-25)17-5-9-22-23(11-17)31-14-30-22/h2-11,13H,12,14H2,1H3. The van der Waals surface area contributed by atoms with Crippen molar-refractivity contribution in [1.29, 1.82) is 0 Å². The molecule has 3 aliphatic heterocycles. The van der Waals surface area contributed by atoms with E-state index in [1.54, 1.807) is 0 Å². The topological polar surface area (TPSA) is 49.2 Å². The van der Waals surface area contributed by atoms with E-state index in [4.69, 9.17) is 9.47 Å². The van der Waals surface area contributed by atoms with Crippen LogP contribution < -0.4 is 9.47 Å². The summed E-state index contributed by atoms with van der Waals surface area (Å²) in [5.41, 5.74) is 6.77. The van der Waals surface area contributed by atoms with Crippen LogP contribution in [0.25, 0.3) is 33.4 Å². The van der Waals surface area contributed by atoms with Crippen molar-refractivity contribution >= 4 is 10.9 Å². The van der Waals surface area contributed by atoms with Crippen LogP contribution in [0.15, 0.2) is 66.9 Å². The van der Waals surface area contributed by atoms with E-state index in [-0.39, 0.29) is 12.6 Å². The Kier molecular flexibility index (Phi) is 3.93. The van der Waals surface area contributed by atoms with Crippen molar-refractivity contribution in [2.45, 2.75) is 13.5 Å². The van der Waals surface area contributed by atoms with Crippen LogP contribution in [0.4, 0.5) is 4.39 Å². The summed E-state index contributed by atoms with van der Waals surface area (Å²) in [6.45, 7) is 2.91. The molecule has 0 atom stereocenters. The highest BCUT2D eigenvalue weighted by Gasteiger charge is 2.22. The molecule has 5 nitrogen and oxygen atoms in total. The zero-order valence-electron chi connectivity index (χ0n) is 16.8.